The second kappa shape index (κ2) is 16.3. The smallest absolute Gasteiger partial charge is 0.410 e. The maximum atomic E-state index is 16.1. The van der Waals surface area contributed by atoms with E-state index in [1.54, 1.807) is 119 Å². The second-order valence-corrected chi connectivity index (χ2v) is 19.0. The fourth-order valence-corrected chi connectivity index (χ4v) is 12.3. The fraction of sp³-hybridized carbons (Fsp3) is 0.469. The molecular weight excluding hydrogens is 835 g/mol. The predicted octanol–water partition coefficient (Wildman–Crippen LogP) is 4.72. The zero-order valence-electron chi connectivity index (χ0n) is 37.7. The molecule has 65 heavy (non-hydrogen) atoms. The Labute approximate surface area is 377 Å². The number of amides is 2. The van der Waals surface area contributed by atoms with E-state index in [-0.39, 0.29) is 41.0 Å². The van der Waals surface area contributed by atoms with E-state index >= 15 is 4.79 Å². The van der Waals surface area contributed by atoms with E-state index in [0.717, 1.165) is 4.90 Å². The van der Waals surface area contributed by atoms with Crippen molar-refractivity contribution in [2.75, 3.05) is 27.8 Å². The van der Waals surface area contributed by atoms with Crippen molar-refractivity contribution in [1.82, 2.24) is 10.2 Å². The van der Waals surface area contributed by atoms with Crippen LogP contribution in [0.25, 0.3) is 0 Å². The molecule has 4 fully saturated rings. The number of hydrogen-bond acceptors (Lipinski definition) is 13. The highest BCUT2D eigenvalue weighted by atomic mass is 16.6. The lowest BCUT2D eigenvalue weighted by Crippen LogP contribution is -2.73. The van der Waals surface area contributed by atoms with Crippen LogP contribution in [-0.4, -0.2) is 127 Å². The molecule has 2 aliphatic heterocycles. The van der Waals surface area contributed by atoms with Gasteiger partial charge in [-0.1, -0.05) is 80.6 Å². The third-order valence-corrected chi connectivity index (χ3v) is 15.5. The van der Waals surface area contributed by atoms with Gasteiger partial charge in [0.05, 0.1) is 34.9 Å². The van der Waals surface area contributed by atoms with E-state index in [1.165, 1.54) is 28.1 Å². The summed E-state index contributed by atoms with van der Waals surface area (Å²) in [5.74, 6) is -3.29. The van der Waals surface area contributed by atoms with E-state index in [0.29, 0.717) is 5.56 Å². The zero-order chi connectivity index (χ0) is 47.0. The van der Waals surface area contributed by atoms with Crippen molar-refractivity contribution in [3.8, 4) is 0 Å². The van der Waals surface area contributed by atoms with Crippen molar-refractivity contribution in [1.29, 1.82) is 0 Å². The van der Waals surface area contributed by atoms with Crippen molar-refractivity contribution in [2.24, 2.45) is 10.8 Å². The molecular formula is C49H55BN2O13. The number of aliphatic hydroxyl groups excluding tert-OH is 1. The Morgan fingerprint density at radius 1 is 0.877 bits per heavy atom. The predicted molar refractivity (Wildman–Crippen MR) is 235 cm³/mol. The molecule has 342 valence electrons. The zero-order valence-corrected chi connectivity index (χ0v) is 37.7. The van der Waals surface area contributed by atoms with E-state index in [4.69, 9.17) is 23.7 Å². The van der Waals surface area contributed by atoms with Crippen LogP contribution in [0.2, 0.25) is 10.6 Å². The summed E-state index contributed by atoms with van der Waals surface area (Å²) in [6, 6.07) is 23.4. The first kappa shape index (κ1) is 45.9. The number of nitrogens with one attached hydrogen (secondary N) is 1. The molecule has 11 atom stereocenters. The minimum Gasteiger partial charge on any atom is -0.456 e. The van der Waals surface area contributed by atoms with Crippen LogP contribution in [-0.2, 0) is 38.1 Å². The quantitative estimate of drug-likeness (QED) is 0.103. The number of rotatable bonds is 11. The lowest BCUT2D eigenvalue weighted by molar-refractivity contribution is -0.244. The number of methoxy groups -OCH3 is 1. The molecule has 2 heterocycles. The van der Waals surface area contributed by atoms with Gasteiger partial charge in [0.25, 0.3) is 5.91 Å². The van der Waals surface area contributed by atoms with Crippen molar-refractivity contribution in [3.05, 3.63) is 119 Å². The Kier molecular flexibility index (Phi) is 11.5. The summed E-state index contributed by atoms with van der Waals surface area (Å²) in [6.07, 6.45) is -9.77. The van der Waals surface area contributed by atoms with Gasteiger partial charge in [0, 0.05) is 62.3 Å². The molecule has 3 aromatic carbocycles. The fourth-order valence-electron chi connectivity index (χ4n) is 12.3. The van der Waals surface area contributed by atoms with Crippen molar-refractivity contribution in [2.45, 2.75) is 106 Å². The number of aliphatic hydroxyl groups is 2. The average molecular weight is 891 g/mol. The van der Waals surface area contributed by atoms with Gasteiger partial charge < -0.3 is 48.9 Å². The Hall–Kier alpha value is -5.68. The molecule has 0 aromatic heterocycles. The first-order valence-corrected chi connectivity index (χ1v) is 21.8. The standard InChI is InChI=1S/C49H55BN2O13/c1-27-32(63-42(58)37(54)36(29-18-12-9-13-19-29)51-40(56)30-20-14-10-15-21-30)25-48(60)43(65-41(57)31-22-16-11-17-23-31)49-46(5,33(61-8)24-34-47(49,26-62-34)50(49)28(2)53)39(55)38(35(27)45(48,3)4)64-44(59)52(6)7/h9-23,32-34,36-38,43,54,60H,24-26H2,1-8H3,(H,51,56)/t32-,33-,34+,36-,37+,38+,43+,46-,47-,48+,49+/m0/s1. The number of nitrogens with zero attached hydrogens (tertiary/aromatic N) is 1. The minimum absolute atomic E-state index is 0.0127. The van der Waals surface area contributed by atoms with Gasteiger partial charge in [-0.05, 0) is 61.7 Å². The number of carbonyl (C=O) groups excluding carboxylic acids is 6. The van der Waals surface area contributed by atoms with Gasteiger partial charge in [0.1, 0.15) is 17.8 Å². The molecule has 2 spiro atoms. The summed E-state index contributed by atoms with van der Waals surface area (Å²) in [4.78, 5) is 87.9. The van der Waals surface area contributed by atoms with Crippen molar-refractivity contribution in [3.63, 3.8) is 0 Å². The van der Waals surface area contributed by atoms with Crippen LogP contribution in [0.5, 0.6) is 0 Å². The van der Waals surface area contributed by atoms with Gasteiger partial charge in [-0.2, -0.15) is 0 Å². The largest absolute Gasteiger partial charge is 0.456 e. The number of benzene rings is 3. The van der Waals surface area contributed by atoms with Crippen molar-refractivity contribution < 1.29 is 62.7 Å². The first-order valence-electron chi connectivity index (χ1n) is 21.8. The Morgan fingerprint density at radius 3 is 2.00 bits per heavy atom. The van der Waals surface area contributed by atoms with Crippen molar-refractivity contribution >= 4 is 42.1 Å². The second-order valence-electron chi connectivity index (χ2n) is 19.0. The maximum absolute atomic E-state index is 16.1. The molecule has 2 saturated heterocycles. The van der Waals surface area contributed by atoms with Gasteiger partial charge in [-0.3, -0.25) is 9.59 Å². The average Bonchev–Trinajstić information content (AvgIpc) is 3.97. The van der Waals surface area contributed by atoms with E-state index < -0.39 is 113 Å². The van der Waals surface area contributed by atoms with E-state index in [9.17, 15) is 34.2 Å². The van der Waals surface area contributed by atoms with Crippen LogP contribution in [0, 0.1) is 10.8 Å². The van der Waals surface area contributed by atoms with Crippen LogP contribution in [0.1, 0.15) is 79.8 Å². The summed E-state index contributed by atoms with van der Waals surface area (Å²) >= 11 is 0. The molecule has 2 saturated carbocycles. The summed E-state index contributed by atoms with van der Waals surface area (Å²) in [6.45, 7) is 6.86. The van der Waals surface area contributed by atoms with Crippen LogP contribution in [0.15, 0.2) is 102 Å². The molecule has 16 heteroatoms. The van der Waals surface area contributed by atoms with E-state index in [1.807, 2.05) is 0 Å². The summed E-state index contributed by atoms with van der Waals surface area (Å²) in [5.41, 5.74) is -4.99. The number of fused-ring (bicyclic) bond motifs is 2. The number of esters is 2. The van der Waals surface area contributed by atoms with Gasteiger partial charge in [0.2, 0.25) is 6.71 Å². The number of ketones is 1. The molecule has 5 aliphatic rings. The first-order chi connectivity index (χ1) is 30.7. The Morgan fingerprint density at radius 2 is 1.46 bits per heavy atom. The Bertz CT molecular complexity index is 2450. The molecule has 3 aromatic rings. The molecule has 0 unspecified atom stereocenters. The van der Waals surface area contributed by atoms with Gasteiger partial charge in [0.15, 0.2) is 18.0 Å². The molecule has 2 bridgehead atoms. The summed E-state index contributed by atoms with van der Waals surface area (Å²) in [5, 5.41) is 25.9. The minimum atomic E-state index is -2.32. The van der Waals surface area contributed by atoms with Crippen LogP contribution in [0.3, 0.4) is 0 Å². The third kappa shape index (κ3) is 6.53. The summed E-state index contributed by atoms with van der Waals surface area (Å²) in [7, 11) is 4.32. The number of ether oxygens (including phenoxy) is 5. The van der Waals surface area contributed by atoms with E-state index in [2.05, 4.69) is 5.32 Å². The summed E-state index contributed by atoms with van der Waals surface area (Å²) < 4.78 is 31.4. The van der Waals surface area contributed by atoms with Crippen LogP contribution in [0.4, 0.5) is 4.79 Å². The highest BCUT2D eigenvalue weighted by molar-refractivity contribution is 7.04. The highest BCUT2D eigenvalue weighted by Crippen LogP contribution is 2.93. The Balaban J connectivity index is 1.32. The number of Topliss-reactive ketones (excluding diaryl/α,β-unsaturated/α-hetero) is 1. The lowest BCUT2D eigenvalue weighted by Gasteiger charge is -2.65. The van der Waals surface area contributed by atoms with Gasteiger partial charge in [-0.15, -0.1) is 0 Å². The van der Waals surface area contributed by atoms with Gasteiger partial charge >= 0.3 is 18.0 Å². The molecule has 3 aliphatic carbocycles. The topological polar surface area (TPSA) is 204 Å². The van der Waals surface area contributed by atoms with Crippen LogP contribution >= 0.6 is 0 Å². The van der Waals surface area contributed by atoms with Crippen LogP contribution < -0.4 is 5.32 Å². The lowest BCUT2D eigenvalue weighted by atomic mass is 9.40. The normalized spacial score (nSPS) is 32.6. The third-order valence-electron chi connectivity index (χ3n) is 15.5. The SMILES string of the molecule is CO[C@H]1C[C@H]2OC[C@]23B(C(C)=O)[C@@]32[C@H](OC(=O)c3ccccc3)[C@]3(O)C[C@H](OC(=O)[C@H](O)[C@@H](NC(=O)c4ccccc4)c4ccccc4)C(C)=C([C@@H](OC(=O)N(C)C)C(=O)[C@]12C)C3(C)C. The monoisotopic (exact) mass is 890 g/mol. The number of carbonyl (C=O) groups is 6. The maximum Gasteiger partial charge on any atom is 0.410 e. The molecule has 8 rings (SSSR count). The molecule has 15 nitrogen and oxygen atoms in total. The highest BCUT2D eigenvalue weighted by Gasteiger charge is 2.99. The molecule has 3 N–H and O–H groups in total. The number of hydrogen-bond donors (Lipinski definition) is 3. The molecule has 2 amide bonds. The molecule has 0 radical (unpaired) electrons. The van der Waals surface area contributed by atoms with Gasteiger partial charge in [-0.25, -0.2) is 14.4 Å².